The molecule has 0 aromatic heterocycles. The van der Waals surface area contributed by atoms with Crippen molar-refractivity contribution in [2.45, 2.75) is 61.4 Å². The molecule has 0 spiro atoms. The zero-order valence-electron chi connectivity index (χ0n) is 17.3. The van der Waals surface area contributed by atoms with E-state index in [2.05, 4.69) is 23.1 Å². The Hall–Kier alpha value is -1.89. The molecule has 2 aromatic carbocycles. The van der Waals surface area contributed by atoms with Crippen molar-refractivity contribution in [3.8, 4) is 11.5 Å². The maximum atomic E-state index is 12.7. The summed E-state index contributed by atoms with van der Waals surface area (Å²) in [6, 6.07) is 14.7. The van der Waals surface area contributed by atoms with Crippen molar-refractivity contribution in [1.29, 1.82) is 0 Å². The van der Waals surface area contributed by atoms with E-state index in [1.165, 1.54) is 5.56 Å². The molecule has 1 N–H and O–H groups in total. The molecular formula is C23H29NO4S. The minimum absolute atomic E-state index is 0.0279. The molecule has 2 aromatic rings. The maximum Gasteiger partial charge on any atom is 0.182 e. The van der Waals surface area contributed by atoms with Gasteiger partial charge in [0, 0.05) is 12.1 Å². The van der Waals surface area contributed by atoms with Gasteiger partial charge in [0.05, 0.1) is 18.7 Å². The molecule has 5 nitrogen and oxygen atoms in total. The largest absolute Gasteiger partial charge is 0.497 e. The highest BCUT2D eigenvalue weighted by Gasteiger charge is 2.40. The van der Waals surface area contributed by atoms with Crippen molar-refractivity contribution in [2.24, 2.45) is 0 Å². The van der Waals surface area contributed by atoms with Gasteiger partial charge in [-0.15, -0.1) is 0 Å². The fourth-order valence-electron chi connectivity index (χ4n) is 4.47. The van der Waals surface area contributed by atoms with Gasteiger partial charge in [-0.25, -0.2) is 0 Å². The number of rotatable bonds is 6. The Morgan fingerprint density at radius 1 is 1.21 bits per heavy atom. The van der Waals surface area contributed by atoms with Crippen LogP contribution in [0.15, 0.2) is 47.4 Å². The molecule has 6 heteroatoms. The summed E-state index contributed by atoms with van der Waals surface area (Å²) >= 11 is 0. The van der Waals surface area contributed by atoms with Crippen LogP contribution in [0.5, 0.6) is 11.5 Å². The van der Waals surface area contributed by atoms with Crippen LogP contribution in [-0.2, 0) is 17.2 Å². The lowest BCUT2D eigenvalue weighted by atomic mass is 10.0. The molecule has 0 bridgehead atoms. The fourth-order valence-corrected chi connectivity index (χ4v) is 5.70. The third-order valence-electron chi connectivity index (χ3n) is 6.09. The zero-order valence-corrected chi connectivity index (χ0v) is 18.1. The van der Waals surface area contributed by atoms with Crippen LogP contribution in [0.2, 0.25) is 0 Å². The molecule has 3 atom stereocenters. The highest BCUT2D eigenvalue weighted by atomic mass is 32.2. The van der Waals surface area contributed by atoms with Gasteiger partial charge in [-0.3, -0.25) is 9.11 Å². The number of nitrogens with zero attached hydrogens (tertiary/aromatic N) is 1. The Kier molecular flexibility index (Phi) is 5.69. The van der Waals surface area contributed by atoms with E-state index in [1.54, 1.807) is 7.11 Å². The van der Waals surface area contributed by atoms with Crippen molar-refractivity contribution in [2.75, 3.05) is 13.8 Å². The van der Waals surface area contributed by atoms with Gasteiger partial charge in [-0.1, -0.05) is 18.2 Å². The lowest BCUT2D eigenvalue weighted by molar-refractivity contribution is 0.0596. The monoisotopic (exact) mass is 415 g/mol. The van der Waals surface area contributed by atoms with E-state index in [4.69, 9.17) is 9.47 Å². The van der Waals surface area contributed by atoms with E-state index < -0.39 is 15.7 Å². The average molecular weight is 416 g/mol. The Morgan fingerprint density at radius 2 is 1.97 bits per heavy atom. The minimum atomic E-state index is -1.19. The summed E-state index contributed by atoms with van der Waals surface area (Å²) in [4.78, 5) is 2.26. The molecule has 2 heterocycles. The van der Waals surface area contributed by atoms with E-state index in [1.807, 2.05) is 38.1 Å². The molecule has 0 radical (unpaired) electrons. The van der Waals surface area contributed by atoms with Gasteiger partial charge in [0.25, 0.3) is 0 Å². The van der Waals surface area contributed by atoms with Crippen LogP contribution in [0, 0.1) is 0 Å². The standard InChI is InChI=1S/C23H29NO4S/c1-23(2)28-21-13-7-17(14-22(21)29(23)26)20-12-9-18(24(20)15-25)8-4-16-5-10-19(27-3)11-6-16/h5-7,10-11,13-14,18,20,25H,4,8-9,12,15H2,1-3H3. The third kappa shape index (κ3) is 3.93. The Labute approximate surface area is 175 Å². The molecule has 1 saturated heterocycles. The first-order chi connectivity index (χ1) is 13.9. The number of likely N-dealkylation sites (tertiary alicyclic amines) is 1. The van der Waals surface area contributed by atoms with Crippen LogP contribution >= 0.6 is 0 Å². The van der Waals surface area contributed by atoms with Gasteiger partial charge in [0.15, 0.2) is 4.93 Å². The summed E-state index contributed by atoms with van der Waals surface area (Å²) in [5.41, 5.74) is 2.39. The van der Waals surface area contributed by atoms with Gasteiger partial charge in [0.2, 0.25) is 0 Å². The van der Waals surface area contributed by atoms with E-state index in [-0.39, 0.29) is 12.8 Å². The Morgan fingerprint density at radius 3 is 2.66 bits per heavy atom. The molecule has 1 fully saturated rings. The van der Waals surface area contributed by atoms with Gasteiger partial charge < -0.3 is 14.6 Å². The highest BCUT2D eigenvalue weighted by molar-refractivity contribution is 7.86. The smallest absolute Gasteiger partial charge is 0.182 e. The van der Waals surface area contributed by atoms with Gasteiger partial charge >= 0.3 is 0 Å². The molecule has 3 unspecified atom stereocenters. The molecule has 2 aliphatic heterocycles. The van der Waals surface area contributed by atoms with Crippen molar-refractivity contribution >= 4 is 10.8 Å². The fraction of sp³-hybridized carbons (Fsp3) is 0.478. The summed E-state index contributed by atoms with van der Waals surface area (Å²) in [5, 5.41) is 10.1. The molecule has 4 rings (SSSR count). The number of aliphatic hydroxyl groups is 1. The predicted molar refractivity (Wildman–Crippen MR) is 114 cm³/mol. The average Bonchev–Trinajstić information content (AvgIpc) is 3.24. The lowest BCUT2D eigenvalue weighted by Gasteiger charge is -2.28. The van der Waals surface area contributed by atoms with E-state index in [0.717, 1.165) is 41.9 Å². The third-order valence-corrected chi connectivity index (χ3v) is 7.78. The van der Waals surface area contributed by atoms with Crippen LogP contribution in [0.4, 0.5) is 0 Å². The molecule has 156 valence electrons. The summed E-state index contributed by atoms with van der Waals surface area (Å²) in [5.74, 6) is 1.58. The van der Waals surface area contributed by atoms with Crippen LogP contribution in [-0.4, -0.2) is 39.0 Å². The van der Waals surface area contributed by atoms with Crippen molar-refractivity contribution in [1.82, 2.24) is 4.90 Å². The first-order valence-corrected chi connectivity index (χ1v) is 11.3. The van der Waals surface area contributed by atoms with Crippen LogP contribution in [0.1, 0.15) is 50.3 Å². The first kappa shape index (κ1) is 20.4. The lowest BCUT2D eigenvalue weighted by Crippen LogP contribution is -2.33. The second kappa shape index (κ2) is 8.09. The minimum Gasteiger partial charge on any atom is -0.497 e. The number of methoxy groups -OCH3 is 1. The topological polar surface area (TPSA) is 59.0 Å². The SMILES string of the molecule is COc1ccc(CCC2CCC(c3ccc4c(c3)S(=O)C(C)(C)O4)N2CO)cc1. The van der Waals surface area contributed by atoms with Gasteiger partial charge in [-0.05, 0) is 74.9 Å². The first-order valence-electron chi connectivity index (χ1n) is 10.2. The molecule has 2 aliphatic rings. The van der Waals surface area contributed by atoms with Crippen LogP contribution < -0.4 is 9.47 Å². The second-order valence-electron chi connectivity index (χ2n) is 8.27. The van der Waals surface area contributed by atoms with Crippen molar-refractivity contribution in [3.05, 3.63) is 53.6 Å². The molecular weight excluding hydrogens is 386 g/mol. The van der Waals surface area contributed by atoms with E-state index in [0.29, 0.717) is 11.8 Å². The van der Waals surface area contributed by atoms with Gasteiger partial charge in [-0.2, -0.15) is 0 Å². The van der Waals surface area contributed by atoms with Crippen LogP contribution in [0.3, 0.4) is 0 Å². The van der Waals surface area contributed by atoms with E-state index in [9.17, 15) is 9.32 Å². The number of ether oxygens (including phenoxy) is 2. The Balaban J connectivity index is 1.46. The number of benzene rings is 2. The quantitative estimate of drug-likeness (QED) is 0.772. The predicted octanol–water partition coefficient (Wildman–Crippen LogP) is 4.02. The second-order valence-corrected chi connectivity index (χ2v) is 10.2. The normalized spacial score (nSPS) is 25.6. The van der Waals surface area contributed by atoms with Gasteiger partial charge in [0.1, 0.15) is 22.3 Å². The highest BCUT2D eigenvalue weighted by Crippen LogP contribution is 2.43. The maximum absolute atomic E-state index is 12.7. The molecule has 0 aliphatic carbocycles. The molecule has 0 amide bonds. The van der Waals surface area contributed by atoms with Crippen LogP contribution in [0.25, 0.3) is 0 Å². The van der Waals surface area contributed by atoms with Crippen molar-refractivity contribution in [3.63, 3.8) is 0 Å². The summed E-state index contributed by atoms with van der Waals surface area (Å²) in [6.45, 7) is 3.74. The number of hydrogen-bond acceptors (Lipinski definition) is 5. The zero-order chi connectivity index (χ0) is 20.6. The van der Waals surface area contributed by atoms with E-state index >= 15 is 0 Å². The number of aryl methyl sites for hydroxylation is 1. The number of hydrogen-bond donors (Lipinski definition) is 1. The summed E-state index contributed by atoms with van der Waals surface area (Å²) in [6.07, 6.45) is 4.00. The number of fused-ring (bicyclic) bond motifs is 1. The summed E-state index contributed by atoms with van der Waals surface area (Å²) in [7, 11) is 0.490. The Bertz CT molecular complexity index is 896. The number of aliphatic hydroxyl groups excluding tert-OH is 1. The molecule has 0 saturated carbocycles. The molecule has 29 heavy (non-hydrogen) atoms. The summed E-state index contributed by atoms with van der Waals surface area (Å²) < 4.78 is 23.8. The van der Waals surface area contributed by atoms with Crippen molar-refractivity contribution < 1.29 is 18.8 Å².